The van der Waals surface area contributed by atoms with Crippen molar-refractivity contribution < 1.29 is 0 Å². The highest BCUT2D eigenvalue weighted by molar-refractivity contribution is 7.71. The summed E-state index contributed by atoms with van der Waals surface area (Å²) in [6.07, 6.45) is 3.92. The van der Waals surface area contributed by atoms with E-state index in [4.69, 9.17) is 17.3 Å². The highest BCUT2D eigenvalue weighted by Crippen LogP contribution is 2.18. The Bertz CT molecular complexity index is 638. The van der Waals surface area contributed by atoms with Crippen LogP contribution in [-0.2, 0) is 13.2 Å². The van der Waals surface area contributed by atoms with E-state index in [0.29, 0.717) is 0 Å². The van der Waals surface area contributed by atoms with Crippen LogP contribution in [0.25, 0.3) is 11.4 Å². The van der Waals surface area contributed by atoms with Crippen LogP contribution >= 0.6 is 12.2 Å². The summed E-state index contributed by atoms with van der Waals surface area (Å²) >= 11 is 5.62. The third-order valence-corrected chi connectivity index (χ3v) is 4.48. The average Bonchev–Trinajstić information content (AvgIpc) is 2.85. The SMILES string of the molecule is CCn1c(-c2ccccc2)nn(CN2CCCCC2)c1=S. The number of aromatic nitrogens is 3. The molecule has 1 aromatic carbocycles. The Morgan fingerprint density at radius 1 is 1.10 bits per heavy atom. The van der Waals surface area contributed by atoms with Gasteiger partial charge in [-0.2, -0.15) is 5.10 Å². The van der Waals surface area contributed by atoms with Crippen molar-refractivity contribution in [2.45, 2.75) is 39.4 Å². The van der Waals surface area contributed by atoms with Gasteiger partial charge in [-0.15, -0.1) is 0 Å². The highest BCUT2D eigenvalue weighted by Gasteiger charge is 2.15. The highest BCUT2D eigenvalue weighted by atomic mass is 32.1. The molecular formula is C16H22N4S. The van der Waals surface area contributed by atoms with Crippen LogP contribution in [0.1, 0.15) is 26.2 Å². The molecular weight excluding hydrogens is 280 g/mol. The van der Waals surface area contributed by atoms with Gasteiger partial charge in [-0.3, -0.25) is 4.90 Å². The molecule has 0 unspecified atom stereocenters. The molecule has 0 bridgehead atoms. The van der Waals surface area contributed by atoms with Gasteiger partial charge in [-0.25, -0.2) is 4.68 Å². The second kappa shape index (κ2) is 6.54. The number of rotatable bonds is 4. The second-order valence-electron chi connectivity index (χ2n) is 5.54. The van der Waals surface area contributed by atoms with Gasteiger partial charge in [0.25, 0.3) is 0 Å². The Morgan fingerprint density at radius 3 is 2.48 bits per heavy atom. The number of hydrogen-bond donors (Lipinski definition) is 0. The van der Waals surface area contributed by atoms with E-state index in [1.807, 2.05) is 22.9 Å². The maximum Gasteiger partial charge on any atom is 0.199 e. The Kier molecular flexibility index (Phi) is 4.51. The van der Waals surface area contributed by atoms with Gasteiger partial charge in [0.05, 0.1) is 6.67 Å². The molecule has 2 heterocycles. The van der Waals surface area contributed by atoms with Crippen LogP contribution < -0.4 is 0 Å². The van der Waals surface area contributed by atoms with Crippen molar-refractivity contribution in [2.24, 2.45) is 0 Å². The molecule has 1 saturated heterocycles. The zero-order valence-electron chi connectivity index (χ0n) is 12.5. The van der Waals surface area contributed by atoms with Crippen LogP contribution in [0.4, 0.5) is 0 Å². The molecule has 3 rings (SSSR count). The zero-order chi connectivity index (χ0) is 14.7. The molecule has 1 fully saturated rings. The molecule has 1 aromatic heterocycles. The predicted octanol–water partition coefficient (Wildman–Crippen LogP) is 3.54. The third-order valence-electron chi connectivity index (χ3n) is 4.05. The summed E-state index contributed by atoms with van der Waals surface area (Å²) in [7, 11) is 0. The molecule has 1 aliphatic rings. The first-order chi connectivity index (χ1) is 10.3. The zero-order valence-corrected chi connectivity index (χ0v) is 13.4. The topological polar surface area (TPSA) is 26.0 Å². The Morgan fingerprint density at radius 2 is 1.81 bits per heavy atom. The van der Waals surface area contributed by atoms with Crippen molar-refractivity contribution >= 4 is 12.2 Å². The summed E-state index contributed by atoms with van der Waals surface area (Å²) in [5.41, 5.74) is 1.13. The van der Waals surface area contributed by atoms with E-state index in [1.54, 1.807) is 0 Å². The summed E-state index contributed by atoms with van der Waals surface area (Å²) < 4.78 is 4.92. The van der Waals surface area contributed by atoms with Crippen molar-refractivity contribution in [3.8, 4) is 11.4 Å². The van der Waals surface area contributed by atoms with Crippen molar-refractivity contribution in [3.05, 3.63) is 35.1 Å². The van der Waals surface area contributed by atoms with Gasteiger partial charge in [0, 0.05) is 12.1 Å². The minimum absolute atomic E-state index is 0.811. The molecule has 21 heavy (non-hydrogen) atoms. The normalized spacial score (nSPS) is 16.2. The molecule has 0 N–H and O–H groups in total. The monoisotopic (exact) mass is 302 g/mol. The standard InChI is InChI=1S/C16H22N4S/c1-2-19-15(14-9-5-3-6-10-14)17-20(16(19)21)13-18-11-7-4-8-12-18/h3,5-6,9-10H,2,4,7-8,11-13H2,1H3. The van der Waals surface area contributed by atoms with Gasteiger partial charge in [0.15, 0.2) is 10.6 Å². The molecule has 0 spiro atoms. The van der Waals surface area contributed by atoms with Gasteiger partial charge in [0.2, 0.25) is 0 Å². The van der Waals surface area contributed by atoms with Crippen molar-refractivity contribution in [2.75, 3.05) is 13.1 Å². The van der Waals surface area contributed by atoms with Gasteiger partial charge in [0.1, 0.15) is 0 Å². The minimum atomic E-state index is 0.811. The molecule has 2 aromatic rings. The van der Waals surface area contributed by atoms with Gasteiger partial charge in [-0.1, -0.05) is 36.8 Å². The first-order valence-electron chi connectivity index (χ1n) is 7.75. The van der Waals surface area contributed by atoms with E-state index in [-0.39, 0.29) is 0 Å². The van der Waals surface area contributed by atoms with Crippen LogP contribution in [0.15, 0.2) is 30.3 Å². The van der Waals surface area contributed by atoms with Crippen LogP contribution in [0.3, 0.4) is 0 Å². The van der Waals surface area contributed by atoms with Crippen molar-refractivity contribution in [1.82, 2.24) is 19.2 Å². The number of hydrogen-bond acceptors (Lipinski definition) is 3. The first kappa shape index (κ1) is 14.5. The van der Waals surface area contributed by atoms with Gasteiger partial charge in [-0.05, 0) is 45.1 Å². The second-order valence-corrected chi connectivity index (χ2v) is 5.90. The summed E-state index contributed by atoms with van der Waals surface area (Å²) in [5.74, 6) is 0.972. The lowest BCUT2D eigenvalue weighted by molar-refractivity contribution is 0.172. The lowest BCUT2D eigenvalue weighted by atomic mass is 10.1. The fourth-order valence-corrected chi connectivity index (χ4v) is 3.22. The predicted molar refractivity (Wildman–Crippen MR) is 87.6 cm³/mol. The van der Waals surface area contributed by atoms with E-state index in [2.05, 4.69) is 28.5 Å². The molecule has 4 nitrogen and oxygen atoms in total. The van der Waals surface area contributed by atoms with Crippen molar-refractivity contribution in [1.29, 1.82) is 0 Å². The molecule has 0 saturated carbocycles. The molecule has 112 valence electrons. The first-order valence-corrected chi connectivity index (χ1v) is 8.16. The lowest BCUT2D eigenvalue weighted by Crippen LogP contribution is -2.32. The smallest absolute Gasteiger partial charge is 0.199 e. The number of piperidine rings is 1. The molecule has 0 amide bonds. The fourth-order valence-electron chi connectivity index (χ4n) is 2.91. The lowest BCUT2D eigenvalue weighted by Gasteiger charge is -2.25. The largest absolute Gasteiger partial charge is 0.300 e. The van der Waals surface area contributed by atoms with E-state index in [1.165, 1.54) is 19.3 Å². The third kappa shape index (κ3) is 3.09. The molecule has 0 atom stereocenters. The summed E-state index contributed by atoms with van der Waals surface area (Å²) in [5, 5.41) is 4.78. The number of benzene rings is 1. The maximum atomic E-state index is 5.62. The minimum Gasteiger partial charge on any atom is -0.300 e. The maximum absolute atomic E-state index is 5.62. The Hall–Kier alpha value is -1.46. The van der Waals surface area contributed by atoms with Crippen LogP contribution in [0.2, 0.25) is 0 Å². The van der Waals surface area contributed by atoms with Crippen LogP contribution in [-0.4, -0.2) is 32.3 Å². The van der Waals surface area contributed by atoms with Crippen LogP contribution in [0, 0.1) is 4.77 Å². The van der Waals surface area contributed by atoms with E-state index < -0.39 is 0 Å². The average molecular weight is 302 g/mol. The van der Waals surface area contributed by atoms with E-state index in [0.717, 1.165) is 42.5 Å². The van der Waals surface area contributed by atoms with Crippen LogP contribution in [0.5, 0.6) is 0 Å². The molecule has 0 radical (unpaired) electrons. The molecule has 0 aliphatic carbocycles. The Labute approximate surface area is 131 Å². The summed E-state index contributed by atoms with van der Waals surface area (Å²) in [6.45, 7) is 6.09. The molecule has 1 aliphatic heterocycles. The number of nitrogens with zero attached hydrogens (tertiary/aromatic N) is 4. The van der Waals surface area contributed by atoms with E-state index >= 15 is 0 Å². The fraction of sp³-hybridized carbons (Fsp3) is 0.500. The van der Waals surface area contributed by atoms with Crippen molar-refractivity contribution in [3.63, 3.8) is 0 Å². The quantitative estimate of drug-likeness (QED) is 0.808. The van der Waals surface area contributed by atoms with Gasteiger partial charge >= 0.3 is 0 Å². The molecule has 5 heteroatoms. The summed E-state index contributed by atoms with van der Waals surface area (Å²) in [6, 6.07) is 10.3. The van der Waals surface area contributed by atoms with Gasteiger partial charge < -0.3 is 4.57 Å². The Balaban J connectivity index is 1.92. The van der Waals surface area contributed by atoms with E-state index in [9.17, 15) is 0 Å². The number of likely N-dealkylation sites (tertiary alicyclic amines) is 1. The summed E-state index contributed by atoms with van der Waals surface area (Å²) in [4.78, 5) is 2.45.